The second-order valence-electron chi connectivity index (χ2n) is 7.83. The largest absolute Gasteiger partial charge is 0.457 e. The fraction of sp³-hybridized carbons (Fsp3) is 0.500. The van der Waals surface area contributed by atoms with Crippen molar-refractivity contribution in [3.05, 3.63) is 17.2 Å². The third kappa shape index (κ3) is 3.03. The highest BCUT2D eigenvalue weighted by atomic mass is 28.3. The average molecular weight is 337 g/mol. The van der Waals surface area contributed by atoms with Gasteiger partial charge in [0.2, 0.25) is 0 Å². The van der Waals surface area contributed by atoms with Crippen molar-refractivity contribution in [1.29, 1.82) is 0 Å². The Morgan fingerprint density at radius 1 is 1.09 bits per heavy atom. The number of cyclic esters (lactones) is 1. The van der Waals surface area contributed by atoms with E-state index in [1.54, 1.807) is 0 Å². The molecule has 0 saturated carbocycles. The molecule has 0 aromatic heterocycles. The van der Waals surface area contributed by atoms with Gasteiger partial charge in [0.15, 0.2) is 0 Å². The second-order valence-corrected chi connectivity index (χ2v) is 17.8. The van der Waals surface area contributed by atoms with Crippen molar-refractivity contribution in [1.82, 2.24) is 0 Å². The van der Waals surface area contributed by atoms with Gasteiger partial charge in [0.05, 0.1) is 21.7 Å². The van der Waals surface area contributed by atoms with Gasteiger partial charge >= 0.3 is 11.9 Å². The Labute approximate surface area is 133 Å². The molecule has 1 heterocycles. The van der Waals surface area contributed by atoms with E-state index in [9.17, 15) is 9.59 Å². The highest BCUT2D eigenvalue weighted by Crippen LogP contribution is 2.27. The first-order valence-corrected chi connectivity index (χ1v) is 14.5. The molecule has 0 saturated heterocycles. The van der Waals surface area contributed by atoms with E-state index in [4.69, 9.17) is 9.47 Å². The van der Waals surface area contributed by atoms with Crippen molar-refractivity contribution in [2.75, 3.05) is 0 Å². The van der Waals surface area contributed by atoms with E-state index >= 15 is 0 Å². The van der Waals surface area contributed by atoms with Crippen molar-refractivity contribution in [2.45, 2.75) is 52.8 Å². The van der Waals surface area contributed by atoms with Gasteiger partial charge in [-0.1, -0.05) is 39.3 Å². The zero-order valence-corrected chi connectivity index (χ0v) is 16.4. The number of rotatable bonds is 3. The third-order valence-electron chi connectivity index (χ3n) is 3.69. The maximum Gasteiger partial charge on any atom is 0.338 e. The van der Waals surface area contributed by atoms with Gasteiger partial charge in [-0.25, -0.2) is 4.79 Å². The lowest BCUT2D eigenvalue weighted by atomic mass is 10.1. The average Bonchev–Trinajstić information content (AvgIpc) is 2.65. The molecule has 6 heteroatoms. The molecule has 0 atom stereocenters. The van der Waals surface area contributed by atoms with E-state index in [2.05, 4.69) is 39.3 Å². The Balaban J connectivity index is 2.90. The summed E-state index contributed by atoms with van der Waals surface area (Å²) in [7, 11) is -3.65. The first-order valence-electron chi connectivity index (χ1n) is 7.49. The summed E-state index contributed by atoms with van der Waals surface area (Å²) in [6.07, 6.45) is 0. The van der Waals surface area contributed by atoms with Crippen LogP contribution in [0.3, 0.4) is 0 Å². The molecule has 0 aliphatic carbocycles. The Bertz CT molecular complexity index is 652. The summed E-state index contributed by atoms with van der Waals surface area (Å²) < 4.78 is 10.8. The number of benzene rings is 1. The number of fused-ring (bicyclic) bond motifs is 1. The first kappa shape index (κ1) is 17.0. The number of hydrogen-bond donors (Lipinski definition) is 0. The minimum Gasteiger partial charge on any atom is -0.457 e. The minimum atomic E-state index is -1.83. The predicted octanol–water partition coefficient (Wildman–Crippen LogP) is 2.37. The number of carbonyl (C=O) groups is 2. The summed E-state index contributed by atoms with van der Waals surface area (Å²) in [4.78, 5) is 23.8. The Hall–Kier alpha value is -1.41. The van der Waals surface area contributed by atoms with Crippen molar-refractivity contribution in [2.24, 2.45) is 0 Å². The van der Waals surface area contributed by atoms with E-state index in [0.717, 1.165) is 21.5 Å². The predicted molar refractivity (Wildman–Crippen MR) is 92.8 cm³/mol. The fourth-order valence-corrected chi connectivity index (χ4v) is 8.88. The fourth-order valence-electron chi connectivity index (χ4n) is 3.00. The molecule has 0 N–H and O–H groups in total. The summed E-state index contributed by atoms with van der Waals surface area (Å²) in [5.41, 5.74) is 1.58. The van der Waals surface area contributed by atoms with E-state index < -0.39 is 16.1 Å². The lowest BCUT2D eigenvalue weighted by Gasteiger charge is -2.31. The number of esters is 2. The van der Waals surface area contributed by atoms with Crippen LogP contribution in [0, 0.1) is 0 Å². The van der Waals surface area contributed by atoms with Gasteiger partial charge in [0, 0.05) is 12.5 Å². The van der Waals surface area contributed by atoms with Crippen LogP contribution < -0.4 is 15.1 Å². The SMILES string of the molecule is CC(=O)Oc1cc2c(c([Si](C)(C)C)c1[Si](C)(C)C)C(=O)OC2. The summed E-state index contributed by atoms with van der Waals surface area (Å²) >= 11 is 0. The van der Waals surface area contributed by atoms with Crippen LogP contribution >= 0.6 is 0 Å². The maximum atomic E-state index is 12.3. The van der Waals surface area contributed by atoms with Crippen LogP contribution in [0.2, 0.25) is 39.3 Å². The van der Waals surface area contributed by atoms with E-state index in [-0.39, 0.29) is 18.5 Å². The number of hydrogen-bond acceptors (Lipinski definition) is 4. The normalized spacial score (nSPS) is 14.6. The van der Waals surface area contributed by atoms with Crippen molar-refractivity contribution < 1.29 is 19.1 Å². The number of ether oxygens (including phenoxy) is 2. The van der Waals surface area contributed by atoms with E-state index in [1.165, 1.54) is 6.92 Å². The zero-order valence-electron chi connectivity index (χ0n) is 14.4. The lowest BCUT2D eigenvalue weighted by Crippen LogP contribution is -2.58. The molecule has 0 amide bonds. The van der Waals surface area contributed by atoms with Crippen LogP contribution in [0.25, 0.3) is 0 Å². The standard InChI is InChI=1S/C16H24O4Si2/c1-10(17)20-12-8-11-9-19-16(18)13(11)15(22(5,6)7)14(12)21(2,3)4/h8H,9H2,1-7H3. The quantitative estimate of drug-likeness (QED) is 0.483. The molecule has 0 spiro atoms. The Morgan fingerprint density at radius 2 is 1.64 bits per heavy atom. The van der Waals surface area contributed by atoms with Crippen LogP contribution in [0.5, 0.6) is 5.75 Å². The molecule has 0 fully saturated rings. The Morgan fingerprint density at radius 3 is 2.09 bits per heavy atom. The molecule has 0 radical (unpaired) electrons. The van der Waals surface area contributed by atoms with E-state index in [0.29, 0.717) is 5.75 Å². The Kier molecular flexibility index (Phi) is 4.12. The summed E-state index contributed by atoms with van der Waals surface area (Å²) in [5.74, 6) is 0.0636. The maximum absolute atomic E-state index is 12.3. The first-order chi connectivity index (χ1) is 9.93. The molecule has 1 aromatic rings. The number of carbonyl (C=O) groups excluding carboxylic acids is 2. The minimum absolute atomic E-state index is 0.235. The monoisotopic (exact) mass is 336 g/mol. The van der Waals surface area contributed by atoms with Gasteiger partial charge < -0.3 is 9.47 Å². The second kappa shape index (κ2) is 5.35. The zero-order chi connectivity index (χ0) is 16.9. The highest BCUT2D eigenvalue weighted by molar-refractivity contribution is 6.99. The smallest absolute Gasteiger partial charge is 0.338 e. The van der Waals surface area contributed by atoms with Crippen molar-refractivity contribution in [3.63, 3.8) is 0 Å². The molecule has 2 rings (SSSR count). The van der Waals surface area contributed by atoms with Gasteiger partial charge in [-0.05, 0) is 16.4 Å². The van der Waals surface area contributed by atoms with Crippen LogP contribution in [-0.4, -0.2) is 28.1 Å². The molecule has 0 bridgehead atoms. The summed E-state index contributed by atoms with van der Waals surface area (Å²) in [5, 5.41) is 2.21. The van der Waals surface area contributed by atoms with Gasteiger partial charge in [-0.2, -0.15) is 0 Å². The molecule has 0 unspecified atom stereocenters. The van der Waals surface area contributed by atoms with Crippen molar-refractivity contribution in [3.8, 4) is 5.75 Å². The molecule has 1 aliphatic rings. The van der Waals surface area contributed by atoms with Crippen LogP contribution in [-0.2, 0) is 16.1 Å². The topological polar surface area (TPSA) is 52.6 Å². The molecule has 22 heavy (non-hydrogen) atoms. The molecular formula is C16H24O4Si2. The molecule has 1 aromatic carbocycles. The van der Waals surface area contributed by atoms with Gasteiger partial charge in [0.25, 0.3) is 0 Å². The summed E-state index contributed by atoms with van der Waals surface area (Å²) in [6, 6.07) is 1.83. The highest BCUT2D eigenvalue weighted by Gasteiger charge is 2.39. The lowest BCUT2D eigenvalue weighted by molar-refractivity contribution is -0.131. The van der Waals surface area contributed by atoms with E-state index in [1.807, 2.05) is 6.07 Å². The van der Waals surface area contributed by atoms with Gasteiger partial charge in [-0.15, -0.1) is 0 Å². The molecular weight excluding hydrogens is 312 g/mol. The molecule has 4 nitrogen and oxygen atoms in total. The van der Waals surface area contributed by atoms with Gasteiger partial charge in [0.1, 0.15) is 12.4 Å². The summed E-state index contributed by atoms with van der Waals surface area (Å²) in [6.45, 7) is 15.0. The van der Waals surface area contributed by atoms with Crippen LogP contribution in [0.1, 0.15) is 22.8 Å². The van der Waals surface area contributed by atoms with Gasteiger partial charge in [-0.3, -0.25) is 4.79 Å². The molecule has 1 aliphatic heterocycles. The van der Waals surface area contributed by atoms with Crippen molar-refractivity contribution >= 4 is 38.5 Å². The molecule has 120 valence electrons. The third-order valence-corrected chi connectivity index (χ3v) is 7.94. The van der Waals surface area contributed by atoms with Crippen LogP contribution in [0.15, 0.2) is 6.07 Å². The van der Waals surface area contributed by atoms with Crippen LogP contribution in [0.4, 0.5) is 0 Å².